The molecule has 7 heteroatoms. The van der Waals surface area contributed by atoms with Crippen molar-refractivity contribution in [2.75, 3.05) is 20.8 Å². The predicted octanol–water partition coefficient (Wildman–Crippen LogP) is 3.06. The molecule has 0 radical (unpaired) electrons. The van der Waals surface area contributed by atoms with Crippen LogP contribution in [0.2, 0.25) is 0 Å². The minimum absolute atomic E-state index is 0.119. The van der Waals surface area contributed by atoms with Crippen molar-refractivity contribution in [1.82, 2.24) is 0 Å². The third-order valence-corrected chi connectivity index (χ3v) is 4.67. The van der Waals surface area contributed by atoms with Crippen LogP contribution in [-0.2, 0) is 4.74 Å². The standard InChI is InChI=1S/C21H26O7/c1-20(2,23)9-6-10-21(3)15(28-21)12-26-18-14(24-4)11-13-7-8-16(22)27-17(13)19(18)25-5/h6-9,11,15,23H,10,12H2,1-5H3. The lowest BCUT2D eigenvalue weighted by atomic mass is 10.0. The number of rotatable bonds is 8. The van der Waals surface area contributed by atoms with Crippen LogP contribution in [0, 0.1) is 0 Å². The molecule has 2 aromatic rings. The Hall–Kier alpha value is -2.51. The molecule has 0 spiro atoms. The number of aliphatic hydroxyl groups is 1. The van der Waals surface area contributed by atoms with E-state index < -0.39 is 11.2 Å². The van der Waals surface area contributed by atoms with Crippen LogP contribution in [0.3, 0.4) is 0 Å². The molecule has 152 valence electrons. The summed E-state index contributed by atoms with van der Waals surface area (Å²) >= 11 is 0. The van der Waals surface area contributed by atoms with Crippen molar-refractivity contribution in [3.05, 3.63) is 40.8 Å². The van der Waals surface area contributed by atoms with Gasteiger partial charge in [0.25, 0.3) is 0 Å². The molecular formula is C21H26O7. The maximum atomic E-state index is 11.6. The van der Waals surface area contributed by atoms with Crippen molar-refractivity contribution in [1.29, 1.82) is 0 Å². The van der Waals surface area contributed by atoms with Crippen LogP contribution in [0.15, 0.2) is 39.6 Å². The fraction of sp³-hybridized carbons (Fsp3) is 0.476. The first kappa shape index (κ1) is 20.2. The maximum absolute atomic E-state index is 11.6. The summed E-state index contributed by atoms with van der Waals surface area (Å²) in [6.45, 7) is 5.71. The average molecular weight is 390 g/mol. The molecule has 7 nitrogen and oxygen atoms in total. The first-order chi connectivity index (χ1) is 13.2. The summed E-state index contributed by atoms with van der Waals surface area (Å²) in [7, 11) is 3.01. The predicted molar refractivity (Wildman–Crippen MR) is 104 cm³/mol. The number of ether oxygens (including phenoxy) is 4. The Morgan fingerprint density at radius 2 is 2.00 bits per heavy atom. The fourth-order valence-corrected chi connectivity index (χ4v) is 3.03. The highest BCUT2D eigenvalue weighted by molar-refractivity contribution is 5.88. The number of epoxide rings is 1. The van der Waals surface area contributed by atoms with Crippen LogP contribution in [0.1, 0.15) is 27.2 Å². The largest absolute Gasteiger partial charge is 0.493 e. The second-order valence-electron chi connectivity index (χ2n) is 7.60. The zero-order valence-corrected chi connectivity index (χ0v) is 16.8. The Labute approximate surface area is 163 Å². The van der Waals surface area contributed by atoms with Crippen LogP contribution >= 0.6 is 0 Å². The molecular weight excluding hydrogens is 364 g/mol. The van der Waals surface area contributed by atoms with Gasteiger partial charge in [-0.05, 0) is 39.3 Å². The molecule has 1 fully saturated rings. The molecule has 0 saturated carbocycles. The highest BCUT2D eigenvalue weighted by Crippen LogP contribution is 2.45. The molecule has 1 N–H and O–H groups in total. The Balaban J connectivity index is 1.78. The molecule has 1 aromatic heterocycles. The van der Waals surface area contributed by atoms with Gasteiger partial charge in [-0.3, -0.25) is 0 Å². The summed E-state index contributed by atoms with van der Waals surface area (Å²) in [5.74, 6) is 1.13. The molecule has 1 aromatic carbocycles. The quantitative estimate of drug-likeness (QED) is 0.421. The number of benzene rings is 1. The Morgan fingerprint density at radius 3 is 2.64 bits per heavy atom. The zero-order chi connectivity index (χ0) is 20.5. The fourth-order valence-electron chi connectivity index (χ4n) is 3.03. The van der Waals surface area contributed by atoms with Gasteiger partial charge in [0.05, 0.1) is 25.4 Å². The second-order valence-corrected chi connectivity index (χ2v) is 7.60. The summed E-state index contributed by atoms with van der Waals surface area (Å²) in [5, 5.41) is 10.4. The summed E-state index contributed by atoms with van der Waals surface area (Å²) in [6, 6.07) is 4.72. The van der Waals surface area contributed by atoms with Gasteiger partial charge in [0.1, 0.15) is 12.7 Å². The average Bonchev–Trinajstić information content (AvgIpc) is 3.27. The highest BCUT2D eigenvalue weighted by Gasteiger charge is 2.52. The van der Waals surface area contributed by atoms with E-state index in [0.717, 1.165) is 0 Å². The first-order valence-corrected chi connectivity index (χ1v) is 9.06. The van der Waals surface area contributed by atoms with Gasteiger partial charge >= 0.3 is 5.63 Å². The van der Waals surface area contributed by atoms with Crippen LogP contribution in [0.25, 0.3) is 11.0 Å². The minimum Gasteiger partial charge on any atom is -0.493 e. The third kappa shape index (κ3) is 4.31. The van der Waals surface area contributed by atoms with Crippen molar-refractivity contribution < 1.29 is 28.5 Å². The lowest BCUT2D eigenvalue weighted by molar-refractivity contribution is 0.132. The Morgan fingerprint density at radius 1 is 1.25 bits per heavy atom. The minimum atomic E-state index is -0.854. The summed E-state index contributed by atoms with van der Waals surface area (Å²) in [6.07, 6.45) is 4.19. The lowest BCUT2D eigenvalue weighted by Gasteiger charge is -2.15. The third-order valence-electron chi connectivity index (χ3n) is 4.67. The summed E-state index contributed by atoms with van der Waals surface area (Å²) < 4.78 is 27.9. The zero-order valence-electron chi connectivity index (χ0n) is 16.8. The normalized spacial score (nSPS) is 21.9. The molecule has 1 aliphatic heterocycles. The van der Waals surface area contributed by atoms with Gasteiger partial charge in [0.15, 0.2) is 11.3 Å². The first-order valence-electron chi connectivity index (χ1n) is 9.06. The van der Waals surface area contributed by atoms with Crippen molar-refractivity contribution in [3.63, 3.8) is 0 Å². The van der Waals surface area contributed by atoms with Crippen LogP contribution in [-0.4, -0.2) is 43.2 Å². The van der Waals surface area contributed by atoms with E-state index in [4.69, 9.17) is 23.4 Å². The van der Waals surface area contributed by atoms with Crippen LogP contribution in [0.5, 0.6) is 17.2 Å². The van der Waals surface area contributed by atoms with Gasteiger partial charge in [0, 0.05) is 11.5 Å². The molecule has 2 unspecified atom stereocenters. The van der Waals surface area contributed by atoms with Crippen molar-refractivity contribution in [2.45, 2.75) is 44.5 Å². The summed E-state index contributed by atoms with van der Waals surface area (Å²) in [5.41, 5.74) is -1.38. The second kappa shape index (κ2) is 7.48. The Kier molecular flexibility index (Phi) is 5.41. The van der Waals surface area contributed by atoms with Gasteiger partial charge < -0.3 is 28.5 Å². The van der Waals surface area contributed by atoms with E-state index >= 15 is 0 Å². The molecule has 1 aliphatic rings. The van der Waals surface area contributed by atoms with Crippen molar-refractivity contribution in [2.24, 2.45) is 0 Å². The molecule has 1 saturated heterocycles. The molecule has 28 heavy (non-hydrogen) atoms. The van der Waals surface area contributed by atoms with E-state index in [1.807, 2.05) is 13.0 Å². The van der Waals surface area contributed by atoms with Crippen LogP contribution in [0.4, 0.5) is 0 Å². The maximum Gasteiger partial charge on any atom is 0.336 e. The van der Waals surface area contributed by atoms with Gasteiger partial charge in [-0.1, -0.05) is 12.2 Å². The monoisotopic (exact) mass is 390 g/mol. The van der Waals surface area contributed by atoms with E-state index in [1.165, 1.54) is 20.3 Å². The molecule has 2 atom stereocenters. The molecule has 0 bridgehead atoms. The Bertz CT molecular complexity index is 938. The summed E-state index contributed by atoms with van der Waals surface area (Å²) in [4.78, 5) is 11.6. The van der Waals surface area contributed by atoms with Gasteiger partial charge in [-0.2, -0.15) is 0 Å². The van der Waals surface area contributed by atoms with Gasteiger partial charge in [0.2, 0.25) is 11.5 Å². The molecule has 3 rings (SSSR count). The van der Waals surface area contributed by atoms with E-state index in [1.54, 1.807) is 32.1 Å². The number of hydrogen-bond acceptors (Lipinski definition) is 7. The van der Waals surface area contributed by atoms with E-state index in [9.17, 15) is 9.90 Å². The number of hydrogen-bond donors (Lipinski definition) is 1. The molecule has 0 amide bonds. The van der Waals surface area contributed by atoms with Gasteiger partial charge in [-0.15, -0.1) is 0 Å². The smallest absolute Gasteiger partial charge is 0.336 e. The van der Waals surface area contributed by atoms with Gasteiger partial charge in [-0.25, -0.2) is 4.79 Å². The van der Waals surface area contributed by atoms with Crippen molar-refractivity contribution >= 4 is 11.0 Å². The molecule has 0 aliphatic carbocycles. The topological polar surface area (TPSA) is 90.7 Å². The van der Waals surface area contributed by atoms with E-state index in [2.05, 4.69) is 0 Å². The van der Waals surface area contributed by atoms with E-state index in [0.29, 0.717) is 34.6 Å². The highest BCUT2D eigenvalue weighted by atomic mass is 16.6. The lowest BCUT2D eigenvalue weighted by Crippen LogP contribution is -2.17. The van der Waals surface area contributed by atoms with E-state index in [-0.39, 0.29) is 18.3 Å². The number of fused-ring (bicyclic) bond motifs is 1. The number of methoxy groups -OCH3 is 2. The SMILES string of the molecule is COc1cc2ccc(=O)oc2c(OC)c1OCC1OC1(C)CC=CC(C)(C)O. The van der Waals surface area contributed by atoms with Crippen LogP contribution < -0.4 is 19.8 Å². The molecule has 2 heterocycles. The van der Waals surface area contributed by atoms with Crippen molar-refractivity contribution in [3.8, 4) is 17.2 Å².